The van der Waals surface area contributed by atoms with Crippen molar-refractivity contribution in [2.24, 2.45) is 0 Å². The lowest BCUT2D eigenvalue weighted by Crippen LogP contribution is -2.41. The van der Waals surface area contributed by atoms with E-state index in [4.69, 9.17) is 9.47 Å². The lowest BCUT2D eigenvalue weighted by Gasteiger charge is -2.23. The van der Waals surface area contributed by atoms with Crippen LogP contribution in [0.5, 0.6) is 0 Å². The summed E-state index contributed by atoms with van der Waals surface area (Å²) in [7, 11) is 0. The largest absolute Gasteiger partial charge is 0.468 e. The van der Waals surface area contributed by atoms with Crippen LogP contribution in [0.15, 0.2) is 39.4 Å². The smallest absolute Gasteiger partial charge is 0.202 e. The minimum atomic E-state index is -1.86. The SMILES string of the molecule is OCC1OC(OC2=C(Cc3ccc(Br)cc3)SCC2)CC(O)C(O)C1F. The van der Waals surface area contributed by atoms with Crippen LogP contribution in [0.4, 0.5) is 4.39 Å². The molecule has 1 aromatic carbocycles. The van der Waals surface area contributed by atoms with Crippen LogP contribution in [-0.2, 0) is 15.9 Å². The monoisotopic (exact) mass is 448 g/mol. The zero-order valence-corrected chi connectivity index (χ0v) is 16.5. The van der Waals surface area contributed by atoms with Crippen molar-refractivity contribution in [3.63, 3.8) is 0 Å². The second-order valence-corrected chi connectivity index (χ2v) is 8.50. The molecule has 5 atom stereocenters. The molecule has 3 N–H and O–H groups in total. The van der Waals surface area contributed by atoms with Gasteiger partial charge in [0.2, 0.25) is 6.29 Å². The Morgan fingerprint density at radius 1 is 1.27 bits per heavy atom. The molecule has 2 heterocycles. The zero-order chi connectivity index (χ0) is 18.7. The second kappa shape index (κ2) is 9.03. The van der Waals surface area contributed by atoms with Crippen LogP contribution in [0.25, 0.3) is 0 Å². The summed E-state index contributed by atoms with van der Waals surface area (Å²) in [5, 5.41) is 29.0. The van der Waals surface area contributed by atoms with Crippen molar-refractivity contribution in [2.75, 3.05) is 12.4 Å². The molecule has 0 aliphatic carbocycles. The molecule has 0 bridgehead atoms. The topological polar surface area (TPSA) is 79.2 Å². The van der Waals surface area contributed by atoms with Crippen molar-refractivity contribution < 1.29 is 29.2 Å². The number of rotatable bonds is 5. The first-order valence-corrected chi connectivity index (χ1v) is 10.3. The van der Waals surface area contributed by atoms with Gasteiger partial charge in [-0.3, -0.25) is 0 Å². The van der Waals surface area contributed by atoms with E-state index in [9.17, 15) is 19.7 Å². The second-order valence-electron chi connectivity index (χ2n) is 6.39. The molecule has 8 heteroatoms. The molecule has 5 unspecified atom stereocenters. The van der Waals surface area contributed by atoms with E-state index in [1.165, 1.54) is 0 Å². The molecule has 0 saturated carbocycles. The summed E-state index contributed by atoms with van der Waals surface area (Å²) in [5.74, 6) is 1.65. The average molecular weight is 449 g/mol. The molecule has 0 amide bonds. The van der Waals surface area contributed by atoms with Gasteiger partial charge < -0.3 is 24.8 Å². The van der Waals surface area contributed by atoms with E-state index in [1.54, 1.807) is 11.8 Å². The highest BCUT2D eigenvalue weighted by Gasteiger charge is 2.41. The zero-order valence-electron chi connectivity index (χ0n) is 14.1. The van der Waals surface area contributed by atoms with Gasteiger partial charge in [0.25, 0.3) is 0 Å². The maximum absolute atomic E-state index is 14.1. The first kappa shape index (κ1) is 20.1. The van der Waals surface area contributed by atoms with Gasteiger partial charge in [-0.25, -0.2) is 4.39 Å². The summed E-state index contributed by atoms with van der Waals surface area (Å²) in [4.78, 5) is 1.08. The molecule has 0 spiro atoms. The van der Waals surface area contributed by atoms with E-state index in [1.807, 2.05) is 24.3 Å². The Bertz CT molecular complexity index is 641. The molecule has 0 aromatic heterocycles. The van der Waals surface area contributed by atoms with E-state index in [-0.39, 0.29) is 6.42 Å². The standard InChI is InChI=1S/C18H22BrFO5S/c19-11-3-1-10(2-4-11)7-15-13(5-6-26-15)24-16-8-12(22)18(23)17(20)14(9-21)25-16/h1-4,12,14,16-18,21-23H,5-9H2. The van der Waals surface area contributed by atoms with Crippen LogP contribution in [0.1, 0.15) is 18.4 Å². The average Bonchev–Trinajstić information content (AvgIpc) is 3.02. The maximum atomic E-state index is 14.1. The molecule has 3 rings (SSSR count). The third-order valence-corrected chi connectivity index (χ3v) is 6.14. The maximum Gasteiger partial charge on any atom is 0.202 e. The fourth-order valence-electron chi connectivity index (χ4n) is 3.02. The quantitative estimate of drug-likeness (QED) is 0.642. The fourth-order valence-corrected chi connectivity index (χ4v) is 4.40. The highest BCUT2D eigenvalue weighted by Crippen LogP contribution is 2.36. The predicted octanol–water partition coefficient (Wildman–Crippen LogP) is 2.52. The minimum Gasteiger partial charge on any atom is -0.468 e. The number of hydrogen-bond acceptors (Lipinski definition) is 6. The van der Waals surface area contributed by atoms with Crippen LogP contribution in [-0.4, -0.2) is 58.5 Å². The van der Waals surface area contributed by atoms with Gasteiger partial charge in [0, 0.05) is 34.4 Å². The first-order valence-electron chi connectivity index (χ1n) is 8.50. The number of aliphatic hydroxyl groups excluding tert-OH is 3. The molecule has 2 aliphatic rings. The van der Waals surface area contributed by atoms with Crippen LogP contribution in [0.2, 0.25) is 0 Å². The molecular formula is C18H22BrFO5S. The van der Waals surface area contributed by atoms with Gasteiger partial charge in [-0.2, -0.15) is 0 Å². The Balaban J connectivity index is 1.71. The normalized spacial score (nSPS) is 32.6. The summed E-state index contributed by atoms with van der Waals surface area (Å²) < 4.78 is 26.5. The molecule has 26 heavy (non-hydrogen) atoms. The Kier molecular flexibility index (Phi) is 6.98. The number of thioether (sulfide) groups is 1. The number of hydrogen-bond donors (Lipinski definition) is 3. The number of ether oxygens (including phenoxy) is 2. The van der Waals surface area contributed by atoms with Crippen molar-refractivity contribution in [3.05, 3.63) is 45.0 Å². The van der Waals surface area contributed by atoms with Gasteiger partial charge in [0.05, 0.1) is 12.7 Å². The van der Waals surface area contributed by atoms with E-state index >= 15 is 0 Å². The van der Waals surface area contributed by atoms with Crippen molar-refractivity contribution in [2.45, 2.75) is 50.0 Å². The molecule has 0 radical (unpaired) electrons. The lowest BCUT2D eigenvalue weighted by atomic mass is 10.0. The summed E-state index contributed by atoms with van der Waals surface area (Å²) in [6.45, 7) is -0.593. The predicted molar refractivity (Wildman–Crippen MR) is 100 cm³/mol. The minimum absolute atomic E-state index is 0.0577. The van der Waals surface area contributed by atoms with E-state index in [0.717, 1.165) is 39.3 Å². The third-order valence-electron chi connectivity index (χ3n) is 4.48. The van der Waals surface area contributed by atoms with Crippen molar-refractivity contribution >= 4 is 27.7 Å². The molecular weight excluding hydrogens is 427 g/mol. The molecule has 144 valence electrons. The molecule has 5 nitrogen and oxygen atoms in total. The number of halogens is 2. The first-order chi connectivity index (χ1) is 12.5. The number of alkyl halides is 1. The Morgan fingerprint density at radius 3 is 2.69 bits per heavy atom. The Labute approximate surface area is 164 Å². The van der Waals surface area contributed by atoms with Gasteiger partial charge in [-0.15, -0.1) is 11.8 Å². The van der Waals surface area contributed by atoms with Crippen LogP contribution in [0, 0.1) is 0 Å². The Hall–Kier alpha value is -0.640. The third kappa shape index (κ3) is 4.79. The highest BCUT2D eigenvalue weighted by atomic mass is 79.9. The van der Waals surface area contributed by atoms with Gasteiger partial charge >= 0.3 is 0 Å². The summed E-state index contributed by atoms with van der Waals surface area (Å²) in [5.41, 5.74) is 1.15. The van der Waals surface area contributed by atoms with Crippen LogP contribution < -0.4 is 0 Å². The van der Waals surface area contributed by atoms with Gasteiger partial charge in [-0.1, -0.05) is 28.1 Å². The van der Waals surface area contributed by atoms with Crippen LogP contribution >= 0.6 is 27.7 Å². The molecule has 1 saturated heterocycles. The van der Waals surface area contributed by atoms with Crippen molar-refractivity contribution in [1.82, 2.24) is 0 Å². The van der Waals surface area contributed by atoms with Crippen LogP contribution in [0.3, 0.4) is 0 Å². The van der Waals surface area contributed by atoms with Gasteiger partial charge in [0.1, 0.15) is 18.0 Å². The molecule has 1 aromatic rings. The van der Waals surface area contributed by atoms with Crippen molar-refractivity contribution in [3.8, 4) is 0 Å². The fraction of sp³-hybridized carbons (Fsp3) is 0.556. The van der Waals surface area contributed by atoms with E-state index in [2.05, 4.69) is 15.9 Å². The summed E-state index contributed by atoms with van der Waals surface area (Å²) in [6.07, 6.45) is -5.53. The molecule has 2 aliphatic heterocycles. The number of benzene rings is 1. The lowest BCUT2D eigenvalue weighted by molar-refractivity contribution is -0.173. The number of aliphatic hydroxyl groups is 3. The van der Waals surface area contributed by atoms with E-state index in [0.29, 0.717) is 0 Å². The summed E-state index contributed by atoms with van der Waals surface area (Å²) >= 11 is 5.12. The summed E-state index contributed by atoms with van der Waals surface area (Å²) in [6, 6.07) is 8.03. The van der Waals surface area contributed by atoms with Gasteiger partial charge in [0.15, 0.2) is 6.17 Å². The molecule has 1 fully saturated rings. The van der Waals surface area contributed by atoms with Crippen molar-refractivity contribution in [1.29, 1.82) is 0 Å². The Morgan fingerprint density at radius 2 is 2.00 bits per heavy atom. The van der Waals surface area contributed by atoms with Gasteiger partial charge in [-0.05, 0) is 17.7 Å². The number of allylic oxidation sites excluding steroid dienone is 2. The van der Waals surface area contributed by atoms with E-state index < -0.39 is 37.4 Å². The highest BCUT2D eigenvalue weighted by molar-refractivity contribution is 9.10.